The van der Waals surface area contributed by atoms with Gasteiger partial charge in [0.2, 0.25) is 0 Å². The molecule has 0 aromatic carbocycles. The third kappa shape index (κ3) is 2.59. The number of hydrogen-bond donors (Lipinski definition) is 1. The summed E-state index contributed by atoms with van der Waals surface area (Å²) in [5.74, 6) is 0. The Kier molecular flexibility index (Phi) is 3.56. The van der Waals surface area contributed by atoms with Crippen molar-refractivity contribution in [2.45, 2.75) is 44.4 Å². The topological polar surface area (TPSA) is 54.2 Å². The van der Waals surface area contributed by atoms with E-state index in [1.807, 2.05) is 25.0 Å². The molecule has 2 unspecified atom stereocenters. The molecular formula is C11H20N4O. The molecule has 90 valence electrons. The Morgan fingerprint density at radius 3 is 2.88 bits per heavy atom. The van der Waals surface area contributed by atoms with Crippen LogP contribution in [0.5, 0.6) is 0 Å². The molecule has 5 heteroatoms. The molecule has 1 aliphatic carbocycles. The highest BCUT2D eigenvalue weighted by Crippen LogP contribution is 2.27. The molecule has 2 rings (SSSR count). The number of rotatable bonds is 3. The summed E-state index contributed by atoms with van der Waals surface area (Å²) in [6, 6.07) is 0.122. The quantitative estimate of drug-likeness (QED) is 0.825. The Labute approximate surface area is 96.1 Å². The van der Waals surface area contributed by atoms with Crippen molar-refractivity contribution < 1.29 is 5.11 Å². The maximum Gasteiger partial charge on any atom is 0.0967 e. The molecule has 5 nitrogen and oxygen atoms in total. The smallest absolute Gasteiger partial charge is 0.0967 e. The zero-order chi connectivity index (χ0) is 11.5. The number of aromatic nitrogens is 3. The minimum atomic E-state index is -0.261. The molecule has 1 aliphatic rings. The molecule has 2 atom stereocenters. The van der Waals surface area contributed by atoms with E-state index in [-0.39, 0.29) is 12.1 Å². The molecule has 0 spiro atoms. The fourth-order valence-electron chi connectivity index (χ4n) is 2.27. The summed E-state index contributed by atoms with van der Waals surface area (Å²) in [6.45, 7) is 0.794. The summed E-state index contributed by atoms with van der Waals surface area (Å²) in [5, 5.41) is 18.2. The fourth-order valence-corrected chi connectivity index (χ4v) is 2.27. The third-order valence-corrected chi connectivity index (χ3v) is 3.07. The van der Waals surface area contributed by atoms with E-state index < -0.39 is 0 Å². The van der Waals surface area contributed by atoms with Crippen molar-refractivity contribution in [3.8, 4) is 0 Å². The van der Waals surface area contributed by atoms with Crippen LogP contribution < -0.4 is 0 Å². The lowest BCUT2D eigenvalue weighted by Gasteiger charge is -2.27. The average molecular weight is 224 g/mol. The first-order valence-corrected chi connectivity index (χ1v) is 5.90. The van der Waals surface area contributed by atoms with Crippen LogP contribution in [0.25, 0.3) is 0 Å². The summed E-state index contributed by atoms with van der Waals surface area (Å²) >= 11 is 0. The van der Waals surface area contributed by atoms with Crippen LogP contribution in [-0.2, 0) is 6.54 Å². The van der Waals surface area contributed by atoms with Gasteiger partial charge in [0, 0.05) is 6.54 Å². The van der Waals surface area contributed by atoms with E-state index >= 15 is 0 Å². The van der Waals surface area contributed by atoms with Crippen molar-refractivity contribution in [2.24, 2.45) is 0 Å². The van der Waals surface area contributed by atoms with Crippen LogP contribution >= 0.6 is 0 Å². The molecule has 0 radical (unpaired) electrons. The molecule has 0 amide bonds. The lowest BCUT2D eigenvalue weighted by Crippen LogP contribution is -2.27. The molecule has 0 saturated heterocycles. The fraction of sp³-hybridized carbons (Fsp3) is 0.818. The van der Waals surface area contributed by atoms with Gasteiger partial charge >= 0.3 is 0 Å². The first-order valence-electron chi connectivity index (χ1n) is 5.90. The van der Waals surface area contributed by atoms with E-state index in [9.17, 15) is 5.11 Å². The van der Waals surface area contributed by atoms with Gasteiger partial charge in [-0.2, -0.15) is 0 Å². The van der Waals surface area contributed by atoms with Crippen LogP contribution in [0.2, 0.25) is 0 Å². The Balaban J connectivity index is 2.05. The van der Waals surface area contributed by atoms with Crippen LogP contribution in [0.15, 0.2) is 6.20 Å². The molecule has 16 heavy (non-hydrogen) atoms. The number of hydrogen-bond acceptors (Lipinski definition) is 4. The Hall–Kier alpha value is -0.940. The maximum atomic E-state index is 9.91. The number of nitrogens with zero attached hydrogens (tertiary/aromatic N) is 4. The summed E-state index contributed by atoms with van der Waals surface area (Å²) in [5.41, 5.74) is 0.961. The van der Waals surface area contributed by atoms with E-state index in [4.69, 9.17) is 0 Å². The zero-order valence-corrected chi connectivity index (χ0v) is 10.0. The molecule has 0 aliphatic heterocycles. The van der Waals surface area contributed by atoms with Crippen molar-refractivity contribution >= 4 is 0 Å². The van der Waals surface area contributed by atoms with E-state index in [0.29, 0.717) is 0 Å². The van der Waals surface area contributed by atoms with Crippen molar-refractivity contribution in [1.82, 2.24) is 19.9 Å². The standard InChI is InChI=1S/C11H20N4O/c1-14(2)7-9-8-15(13-12-9)10-5-3-4-6-11(10)16/h8,10-11,16H,3-7H2,1-2H3. The van der Waals surface area contributed by atoms with Gasteiger partial charge in [0.1, 0.15) is 0 Å². The molecular weight excluding hydrogens is 204 g/mol. The SMILES string of the molecule is CN(C)Cc1cn(C2CCCCC2O)nn1. The Bertz CT molecular complexity index is 336. The van der Waals surface area contributed by atoms with E-state index in [2.05, 4.69) is 15.2 Å². The van der Waals surface area contributed by atoms with Gasteiger partial charge in [-0.3, -0.25) is 0 Å². The zero-order valence-electron chi connectivity index (χ0n) is 10.0. The molecule has 1 fully saturated rings. The number of aliphatic hydroxyl groups is 1. The van der Waals surface area contributed by atoms with Crippen LogP contribution in [0.1, 0.15) is 37.4 Å². The molecule has 1 saturated carbocycles. The van der Waals surface area contributed by atoms with Gasteiger partial charge in [0.15, 0.2) is 0 Å². The summed E-state index contributed by atoms with van der Waals surface area (Å²) in [7, 11) is 4.02. The van der Waals surface area contributed by atoms with Crippen molar-refractivity contribution in [2.75, 3.05) is 14.1 Å². The minimum Gasteiger partial charge on any atom is -0.391 e. The van der Waals surface area contributed by atoms with Crippen LogP contribution in [0.4, 0.5) is 0 Å². The highest BCUT2D eigenvalue weighted by atomic mass is 16.3. The second-order valence-corrected chi connectivity index (χ2v) is 4.85. The molecule has 0 bridgehead atoms. The number of aliphatic hydroxyl groups excluding tert-OH is 1. The van der Waals surface area contributed by atoms with Crippen LogP contribution in [0.3, 0.4) is 0 Å². The van der Waals surface area contributed by atoms with Gasteiger partial charge in [-0.05, 0) is 26.9 Å². The monoisotopic (exact) mass is 224 g/mol. The van der Waals surface area contributed by atoms with E-state index in [0.717, 1.165) is 31.5 Å². The molecule has 1 aromatic heterocycles. The van der Waals surface area contributed by atoms with Gasteiger partial charge in [-0.15, -0.1) is 5.10 Å². The molecule has 1 N–H and O–H groups in total. The second-order valence-electron chi connectivity index (χ2n) is 4.85. The van der Waals surface area contributed by atoms with Crippen LogP contribution in [-0.4, -0.2) is 45.2 Å². The second kappa shape index (κ2) is 4.93. The summed E-state index contributed by atoms with van der Waals surface area (Å²) < 4.78 is 1.84. The predicted octanol–water partition coefficient (Wildman–Crippen LogP) is 0.816. The van der Waals surface area contributed by atoms with Crippen molar-refractivity contribution in [1.29, 1.82) is 0 Å². The Morgan fingerprint density at radius 2 is 2.19 bits per heavy atom. The minimum absolute atomic E-state index is 0.122. The van der Waals surface area contributed by atoms with Crippen molar-refractivity contribution in [3.63, 3.8) is 0 Å². The van der Waals surface area contributed by atoms with Gasteiger partial charge in [-0.25, -0.2) is 4.68 Å². The largest absolute Gasteiger partial charge is 0.391 e. The van der Waals surface area contributed by atoms with Crippen molar-refractivity contribution in [3.05, 3.63) is 11.9 Å². The lowest BCUT2D eigenvalue weighted by molar-refractivity contribution is 0.0685. The van der Waals surface area contributed by atoms with Gasteiger partial charge < -0.3 is 10.0 Å². The van der Waals surface area contributed by atoms with E-state index in [1.54, 1.807) is 0 Å². The van der Waals surface area contributed by atoms with Gasteiger partial charge in [0.25, 0.3) is 0 Å². The summed E-state index contributed by atoms with van der Waals surface area (Å²) in [6.07, 6.45) is 5.88. The first kappa shape index (κ1) is 11.5. The van der Waals surface area contributed by atoms with E-state index in [1.165, 1.54) is 6.42 Å². The first-order chi connectivity index (χ1) is 7.66. The Morgan fingerprint density at radius 1 is 1.44 bits per heavy atom. The molecule has 1 aromatic rings. The van der Waals surface area contributed by atoms with Crippen LogP contribution in [0, 0.1) is 0 Å². The van der Waals surface area contributed by atoms with Gasteiger partial charge in [-0.1, -0.05) is 18.1 Å². The highest BCUT2D eigenvalue weighted by Gasteiger charge is 2.25. The summed E-state index contributed by atoms with van der Waals surface area (Å²) in [4.78, 5) is 2.06. The normalized spacial score (nSPS) is 26.2. The maximum absolute atomic E-state index is 9.91. The predicted molar refractivity (Wildman–Crippen MR) is 60.9 cm³/mol. The molecule has 1 heterocycles. The third-order valence-electron chi connectivity index (χ3n) is 3.07. The van der Waals surface area contributed by atoms with Gasteiger partial charge in [0.05, 0.1) is 24.0 Å². The highest BCUT2D eigenvalue weighted by molar-refractivity contribution is 4.94. The average Bonchev–Trinajstić information content (AvgIpc) is 2.66. The lowest BCUT2D eigenvalue weighted by atomic mass is 9.93.